The van der Waals surface area contributed by atoms with Gasteiger partial charge in [0.15, 0.2) is 0 Å². The zero-order valence-corrected chi connectivity index (χ0v) is 12.6. The summed E-state index contributed by atoms with van der Waals surface area (Å²) in [6.45, 7) is 1.48. The Kier molecular flexibility index (Phi) is 5.12. The molecule has 116 valence electrons. The second-order valence-electron chi connectivity index (χ2n) is 5.31. The molecular weight excluding hydrogens is 285 g/mol. The summed E-state index contributed by atoms with van der Waals surface area (Å²) in [5.74, 6) is -1.29. The average molecular weight is 303 g/mol. The largest absolute Gasteiger partial charge is 0.545 e. The summed E-state index contributed by atoms with van der Waals surface area (Å²) < 4.78 is 18.8. The van der Waals surface area contributed by atoms with Crippen molar-refractivity contribution in [2.75, 3.05) is 27.2 Å². The second-order valence-corrected chi connectivity index (χ2v) is 5.31. The Balaban J connectivity index is 2.19. The summed E-state index contributed by atoms with van der Waals surface area (Å²) in [7, 11) is 4.09. The van der Waals surface area contributed by atoms with Crippen molar-refractivity contribution in [3.63, 3.8) is 0 Å². The Bertz CT molecular complexity index is 653. The SMILES string of the molecule is C[NH+](C)CCOc1ccc(-c2ccc(F)cc2C(=O)[O-])cc1. The van der Waals surface area contributed by atoms with Crippen molar-refractivity contribution >= 4 is 5.97 Å². The lowest BCUT2D eigenvalue weighted by Gasteiger charge is -2.12. The number of hydrogen-bond acceptors (Lipinski definition) is 3. The van der Waals surface area contributed by atoms with Crippen molar-refractivity contribution in [1.29, 1.82) is 0 Å². The topological polar surface area (TPSA) is 53.8 Å². The molecule has 22 heavy (non-hydrogen) atoms. The summed E-state index contributed by atoms with van der Waals surface area (Å²) in [5.41, 5.74) is 0.931. The third-order valence-electron chi connectivity index (χ3n) is 3.24. The molecule has 1 N–H and O–H groups in total. The average Bonchev–Trinajstić information content (AvgIpc) is 2.47. The molecule has 0 fully saturated rings. The number of ether oxygens (including phenoxy) is 1. The molecule has 5 heteroatoms. The third kappa shape index (κ3) is 4.05. The highest BCUT2D eigenvalue weighted by atomic mass is 19.1. The van der Waals surface area contributed by atoms with Crippen LogP contribution in [0.5, 0.6) is 5.75 Å². The van der Waals surface area contributed by atoms with Gasteiger partial charge in [-0.25, -0.2) is 4.39 Å². The van der Waals surface area contributed by atoms with Crippen molar-refractivity contribution in [3.8, 4) is 16.9 Å². The van der Waals surface area contributed by atoms with E-state index in [9.17, 15) is 14.3 Å². The number of likely N-dealkylation sites (N-methyl/N-ethyl adjacent to an activating group) is 1. The Labute approximate surface area is 128 Å². The summed E-state index contributed by atoms with van der Waals surface area (Å²) in [6, 6.07) is 10.7. The molecule has 2 aromatic carbocycles. The molecule has 0 aliphatic heterocycles. The van der Waals surface area contributed by atoms with Gasteiger partial charge in [0.1, 0.15) is 24.7 Å². The molecular formula is C17H18FNO3. The third-order valence-corrected chi connectivity index (χ3v) is 3.24. The van der Waals surface area contributed by atoms with E-state index in [4.69, 9.17) is 4.74 Å². The van der Waals surface area contributed by atoms with Crippen LogP contribution in [-0.4, -0.2) is 33.2 Å². The zero-order chi connectivity index (χ0) is 16.1. The Morgan fingerprint density at radius 2 is 1.86 bits per heavy atom. The molecule has 0 atom stereocenters. The molecule has 0 unspecified atom stereocenters. The molecule has 2 aromatic rings. The molecule has 0 aliphatic rings. The molecule has 0 aliphatic carbocycles. The van der Waals surface area contributed by atoms with E-state index in [1.54, 1.807) is 24.3 Å². The highest BCUT2D eigenvalue weighted by Gasteiger charge is 2.08. The van der Waals surface area contributed by atoms with Gasteiger partial charge in [-0.15, -0.1) is 0 Å². The number of carbonyl (C=O) groups excluding carboxylic acids is 1. The number of aromatic carboxylic acids is 1. The van der Waals surface area contributed by atoms with Crippen LogP contribution in [0.25, 0.3) is 11.1 Å². The van der Waals surface area contributed by atoms with Crippen molar-refractivity contribution < 1.29 is 23.9 Å². The predicted molar refractivity (Wildman–Crippen MR) is 79.3 cm³/mol. The van der Waals surface area contributed by atoms with E-state index < -0.39 is 11.8 Å². The number of quaternary nitrogens is 1. The first-order chi connectivity index (χ1) is 10.5. The maximum absolute atomic E-state index is 13.2. The van der Waals surface area contributed by atoms with Crippen molar-refractivity contribution in [2.45, 2.75) is 0 Å². The number of carboxylic acid groups (broad SMARTS) is 1. The van der Waals surface area contributed by atoms with Gasteiger partial charge in [0.05, 0.1) is 20.1 Å². The van der Waals surface area contributed by atoms with E-state index >= 15 is 0 Å². The van der Waals surface area contributed by atoms with E-state index in [1.165, 1.54) is 17.0 Å². The molecule has 4 nitrogen and oxygen atoms in total. The van der Waals surface area contributed by atoms with Crippen molar-refractivity contribution in [1.82, 2.24) is 0 Å². The Hall–Kier alpha value is -2.40. The molecule has 0 spiro atoms. The molecule has 2 rings (SSSR count). The first-order valence-electron chi connectivity index (χ1n) is 7.00. The van der Waals surface area contributed by atoms with Gasteiger partial charge in [0, 0.05) is 5.56 Å². The smallest absolute Gasteiger partial charge is 0.137 e. The van der Waals surface area contributed by atoms with Crippen LogP contribution in [0.1, 0.15) is 10.4 Å². The lowest BCUT2D eigenvalue weighted by Crippen LogP contribution is -3.06. The maximum atomic E-state index is 13.2. The summed E-state index contributed by atoms with van der Waals surface area (Å²) in [4.78, 5) is 12.4. The van der Waals surface area contributed by atoms with Crippen LogP contribution in [0.15, 0.2) is 42.5 Å². The monoisotopic (exact) mass is 303 g/mol. The zero-order valence-electron chi connectivity index (χ0n) is 12.6. The quantitative estimate of drug-likeness (QED) is 0.839. The highest BCUT2D eigenvalue weighted by molar-refractivity contribution is 5.94. The number of hydrogen-bond donors (Lipinski definition) is 1. The Morgan fingerprint density at radius 3 is 2.45 bits per heavy atom. The van der Waals surface area contributed by atoms with Crippen LogP contribution in [-0.2, 0) is 0 Å². The molecule has 0 bridgehead atoms. The first kappa shape index (κ1) is 16.0. The van der Waals surface area contributed by atoms with Gasteiger partial charge in [-0.1, -0.05) is 18.2 Å². The van der Waals surface area contributed by atoms with Crippen LogP contribution < -0.4 is 14.7 Å². The van der Waals surface area contributed by atoms with E-state index in [-0.39, 0.29) is 5.56 Å². The minimum Gasteiger partial charge on any atom is -0.545 e. The minimum atomic E-state index is -1.40. The van der Waals surface area contributed by atoms with Gasteiger partial charge >= 0.3 is 0 Å². The van der Waals surface area contributed by atoms with E-state index in [0.29, 0.717) is 23.5 Å². The van der Waals surface area contributed by atoms with Gasteiger partial charge in [0.2, 0.25) is 0 Å². The van der Waals surface area contributed by atoms with Crippen molar-refractivity contribution in [3.05, 3.63) is 53.8 Å². The van der Waals surface area contributed by atoms with Crippen LogP contribution in [0.4, 0.5) is 4.39 Å². The van der Waals surface area contributed by atoms with E-state index in [2.05, 4.69) is 0 Å². The Morgan fingerprint density at radius 1 is 1.18 bits per heavy atom. The standard InChI is InChI=1S/C17H18FNO3/c1-19(2)9-10-22-14-6-3-12(4-7-14)15-8-5-13(18)11-16(15)17(20)21/h3-8,11H,9-10H2,1-2H3,(H,20,21). The van der Waals surface area contributed by atoms with Crippen LogP contribution in [0.3, 0.4) is 0 Å². The maximum Gasteiger partial charge on any atom is 0.137 e. The number of nitrogens with one attached hydrogen (secondary N) is 1. The van der Waals surface area contributed by atoms with Crippen LogP contribution in [0, 0.1) is 5.82 Å². The number of carbonyl (C=O) groups is 1. The number of halogens is 1. The first-order valence-corrected chi connectivity index (χ1v) is 7.00. The predicted octanol–water partition coefficient (Wildman–Crippen LogP) is 0.380. The van der Waals surface area contributed by atoms with Gasteiger partial charge in [-0.05, 0) is 35.4 Å². The van der Waals surface area contributed by atoms with E-state index in [0.717, 1.165) is 12.6 Å². The fourth-order valence-corrected chi connectivity index (χ4v) is 2.04. The molecule has 0 amide bonds. The highest BCUT2D eigenvalue weighted by Crippen LogP contribution is 2.26. The number of rotatable bonds is 6. The van der Waals surface area contributed by atoms with Crippen LogP contribution in [0.2, 0.25) is 0 Å². The van der Waals surface area contributed by atoms with Gasteiger partial charge in [-0.2, -0.15) is 0 Å². The lowest BCUT2D eigenvalue weighted by atomic mass is 9.99. The molecule has 0 aromatic heterocycles. The second kappa shape index (κ2) is 7.04. The number of carboxylic acids is 1. The summed E-state index contributed by atoms with van der Waals surface area (Å²) >= 11 is 0. The summed E-state index contributed by atoms with van der Waals surface area (Å²) in [6.07, 6.45) is 0. The molecule has 0 heterocycles. The fourth-order valence-electron chi connectivity index (χ4n) is 2.04. The lowest BCUT2D eigenvalue weighted by molar-refractivity contribution is -0.858. The van der Waals surface area contributed by atoms with Gasteiger partial charge < -0.3 is 19.5 Å². The van der Waals surface area contributed by atoms with Crippen molar-refractivity contribution in [2.24, 2.45) is 0 Å². The van der Waals surface area contributed by atoms with Gasteiger partial charge in [-0.3, -0.25) is 0 Å². The molecule has 0 radical (unpaired) electrons. The van der Waals surface area contributed by atoms with Gasteiger partial charge in [0.25, 0.3) is 0 Å². The molecule has 0 saturated heterocycles. The summed E-state index contributed by atoms with van der Waals surface area (Å²) in [5, 5.41) is 11.1. The normalized spacial score (nSPS) is 10.7. The number of benzene rings is 2. The molecule has 0 saturated carbocycles. The van der Waals surface area contributed by atoms with E-state index in [1.807, 2.05) is 14.1 Å². The minimum absolute atomic E-state index is 0.162. The van der Waals surface area contributed by atoms with Crippen LogP contribution >= 0.6 is 0 Å². The fraction of sp³-hybridized carbons (Fsp3) is 0.235.